The van der Waals surface area contributed by atoms with Crippen LogP contribution < -0.4 is 11.1 Å². The van der Waals surface area contributed by atoms with Crippen LogP contribution in [0.1, 0.15) is 34.8 Å². The summed E-state index contributed by atoms with van der Waals surface area (Å²) in [6, 6.07) is 13.9. The highest BCUT2D eigenvalue weighted by Gasteiger charge is 2.35. The molecule has 132 valence electrons. The second kappa shape index (κ2) is 6.89. The minimum Gasteiger partial charge on any atom is -0.355 e. The molecule has 1 unspecified atom stereocenters. The van der Waals surface area contributed by atoms with Gasteiger partial charge >= 0.3 is 0 Å². The Hall–Kier alpha value is -2.33. The van der Waals surface area contributed by atoms with Crippen molar-refractivity contribution in [3.8, 4) is 0 Å². The van der Waals surface area contributed by atoms with Gasteiger partial charge in [-0.3, -0.25) is 4.79 Å². The summed E-state index contributed by atoms with van der Waals surface area (Å²) in [5, 5.41) is 3.45. The lowest BCUT2D eigenvalue weighted by atomic mass is 9.90. The minimum atomic E-state index is 0.0329. The Morgan fingerprint density at radius 2 is 1.88 bits per heavy atom. The molecule has 0 bridgehead atoms. The van der Waals surface area contributed by atoms with Crippen LogP contribution in [0.15, 0.2) is 42.5 Å². The molecule has 0 spiro atoms. The lowest BCUT2D eigenvalue weighted by molar-refractivity contribution is 0.0778. The van der Waals surface area contributed by atoms with E-state index in [-0.39, 0.29) is 11.3 Å². The topological polar surface area (TPSA) is 58.4 Å². The number of carbonyl (C=O) groups excluding carboxylic acids is 1. The summed E-state index contributed by atoms with van der Waals surface area (Å²) in [6.07, 6.45) is 0.960. The molecule has 3 rings (SSSR count). The van der Waals surface area contributed by atoms with Crippen LogP contribution in [-0.4, -0.2) is 30.4 Å². The Labute approximate surface area is 150 Å². The monoisotopic (exact) mass is 337 g/mol. The zero-order valence-corrected chi connectivity index (χ0v) is 15.3. The maximum atomic E-state index is 13.1. The Balaban J connectivity index is 1.86. The number of nitrogens with zero attached hydrogens (tertiary/aromatic N) is 1. The van der Waals surface area contributed by atoms with E-state index >= 15 is 0 Å². The summed E-state index contributed by atoms with van der Waals surface area (Å²) < 4.78 is 0. The fraction of sp³-hybridized carbons (Fsp3) is 0.381. The minimum absolute atomic E-state index is 0.0329. The molecule has 4 heteroatoms. The summed E-state index contributed by atoms with van der Waals surface area (Å²) >= 11 is 0. The van der Waals surface area contributed by atoms with Gasteiger partial charge in [0.2, 0.25) is 0 Å². The lowest BCUT2D eigenvalue weighted by Gasteiger charge is -2.23. The highest BCUT2D eigenvalue weighted by atomic mass is 16.2. The molecule has 1 saturated heterocycles. The maximum Gasteiger partial charge on any atom is 0.255 e. The molecule has 1 heterocycles. The van der Waals surface area contributed by atoms with Gasteiger partial charge in [-0.15, -0.1) is 0 Å². The largest absolute Gasteiger partial charge is 0.355 e. The predicted octanol–water partition coefficient (Wildman–Crippen LogP) is 3.86. The quantitative estimate of drug-likeness (QED) is 0.891. The molecule has 1 aliphatic rings. The SMILES string of the molecule is Cc1cccc(Nc2ccccc2C(=O)N2CCC(C)(CN)C2)c1C. The highest BCUT2D eigenvalue weighted by Crippen LogP contribution is 2.31. The molecule has 2 aromatic rings. The molecule has 0 radical (unpaired) electrons. The van der Waals surface area contributed by atoms with E-state index < -0.39 is 0 Å². The molecule has 4 nitrogen and oxygen atoms in total. The number of hydrogen-bond acceptors (Lipinski definition) is 3. The van der Waals surface area contributed by atoms with Gasteiger partial charge in [0, 0.05) is 18.8 Å². The number of para-hydroxylation sites is 1. The van der Waals surface area contributed by atoms with E-state index in [1.807, 2.05) is 41.3 Å². The number of likely N-dealkylation sites (tertiary alicyclic amines) is 1. The third-order valence-corrected chi connectivity index (χ3v) is 5.37. The number of anilines is 2. The molecule has 0 aromatic heterocycles. The van der Waals surface area contributed by atoms with Crippen molar-refractivity contribution in [1.82, 2.24) is 4.90 Å². The van der Waals surface area contributed by atoms with E-state index in [2.05, 4.69) is 32.2 Å². The Bertz CT molecular complexity index is 786. The third kappa shape index (κ3) is 3.54. The summed E-state index contributed by atoms with van der Waals surface area (Å²) in [6.45, 7) is 8.44. The van der Waals surface area contributed by atoms with Crippen molar-refractivity contribution in [2.24, 2.45) is 11.1 Å². The molecular weight excluding hydrogens is 310 g/mol. The van der Waals surface area contributed by atoms with Crippen LogP contribution in [0.4, 0.5) is 11.4 Å². The summed E-state index contributed by atoms with van der Waals surface area (Å²) in [4.78, 5) is 15.0. The van der Waals surface area contributed by atoms with E-state index in [4.69, 9.17) is 5.73 Å². The van der Waals surface area contributed by atoms with Gasteiger partial charge in [0.15, 0.2) is 0 Å². The normalized spacial score (nSPS) is 19.9. The predicted molar refractivity (Wildman–Crippen MR) is 103 cm³/mol. The van der Waals surface area contributed by atoms with Crippen molar-refractivity contribution >= 4 is 17.3 Å². The molecule has 1 atom stereocenters. The summed E-state index contributed by atoms with van der Waals surface area (Å²) in [5.74, 6) is 0.0746. The van der Waals surface area contributed by atoms with Crippen molar-refractivity contribution in [3.05, 3.63) is 59.2 Å². The fourth-order valence-electron chi connectivity index (χ4n) is 3.34. The highest BCUT2D eigenvalue weighted by molar-refractivity contribution is 6.00. The van der Waals surface area contributed by atoms with Gasteiger partial charge in [-0.2, -0.15) is 0 Å². The van der Waals surface area contributed by atoms with Crippen molar-refractivity contribution in [2.45, 2.75) is 27.2 Å². The van der Waals surface area contributed by atoms with Gasteiger partial charge in [-0.25, -0.2) is 0 Å². The molecule has 1 amide bonds. The van der Waals surface area contributed by atoms with Gasteiger partial charge < -0.3 is 16.0 Å². The number of benzene rings is 2. The van der Waals surface area contributed by atoms with Crippen LogP contribution in [-0.2, 0) is 0 Å². The van der Waals surface area contributed by atoms with Crippen molar-refractivity contribution in [1.29, 1.82) is 0 Å². The first-order valence-electron chi connectivity index (χ1n) is 8.85. The smallest absolute Gasteiger partial charge is 0.255 e. The molecule has 1 aliphatic heterocycles. The van der Waals surface area contributed by atoms with E-state index in [0.29, 0.717) is 12.1 Å². The van der Waals surface area contributed by atoms with Gasteiger partial charge in [0.25, 0.3) is 5.91 Å². The average Bonchev–Trinajstić information content (AvgIpc) is 3.02. The number of nitrogens with two attached hydrogens (primary N) is 1. The Kier molecular flexibility index (Phi) is 4.82. The van der Waals surface area contributed by atoms with Crippen molar-refractivity contribution < 1.29 is 4.79 Å². The van der Waals surface area contributed by atoms with Crippen LogP contribution in [0, 0.1) is 19.3 Å². The van der Waals surface area contributed by atoms with E-state index in [1.165, 1.54) is 11.1 Å². The number of carbonyl (C=O) groups is 1. The fourth-order valence-corrected chi connectivity index (χ4v) is 3.34. The number of rotatable bonds is 4. The number of aryl methyl sites for hydroxylation is 1. The van der Waals surface area contributed by atoms with Crippen LogP contribution in [0.25, 0.3) is 0 Å². The molecule has 0 aliphatic carbocycles. The first-order chi connectivity index (χ1) is 11.9. The lowest BCUT2D eigenvalue weighted by Crippen LogP contribution is -2.34. The first-order valence-corrected chi connectivity index (χ1v) is 8.85. The van der Waals surface area contributed by atoms with E-state index in [9.17, 15) is 4.79 Å². The van der Waals surface area contributed by atoms with Crippen LogP contribution >= 0.6 is 0 Å². The van der Waals surface area contributed by atoms with Crippen LogP contribution in [0.3, 0.4) is 0 Å². The molecular formula is C21H27N3O. The zero-order valence-electron chi connectivity index (χ0n) is 15.3. The second-order valence-electron chi connectivity index (χ2n) is 7.41. The number of nitrogens with one attached hydrogen (secondary N) is 1. The summed E-state index contributed by atoms with van der Waals surface area (Å²) in [7, 11) is 0. The molecule has 1 fully saturated rings. The van der Waals surface area contributed by atoms with Gasteiger partial charge in [0.05, 0.1) is 11.3 Å². The van der Waals surface area contributed by atoms with E-state index in [0.717, 1.165) is 30.9 Å². The number of amides is 1. The third-order valence-electron chi connectivity index (χ3n) is 5.37. The van der Waals surface area contributed by atoms with Crippen LogP contribution in [0.2, 0.25) is 0 Å². The molecule has 0 saturated carbocycles. The first kappa shape index (κ1) is 17.5. The molecule has 25 heavy (non-hydrogen) atoms. The zero-order chi connectivity index (χ0) is 18.0. The summed E-state index contributed by atoms with van der Waals surface area (Å²) in [5.41, 5.74) is 10.9. The Morgan fingerprint density at radius 3 is 2.60 bits per heavy atom. The standard InChI is InChI=1S/C21H27N3O/c1-15-7-6-10-18(16(15)2)23-19-9-5-4-8-17(19)20(25)24-12-11-21(3,13-22)14-24/h4-10,23H,11-14,22H2,1-3H3. The van der Waals surface area contributed by atoms with Crippen molar-refractivity contribution in [2.75, 3.05) is 25.0 Å². The Morgan fingerprint density at radius 1 is 1.16 bits per heavy atom. The maximum absolute atomic E-state index is 13.1. The van der Waals surface area contributed by atoms with Crippen molar-refractivity contribution in [3.63, 3.8) is 0 Å². The molecule has 3 N–H and O–H groups in total. The number of hydrogen-bond donors (Lipinski definition) is 2. The average molecular weight is 337 g/mol. The van der Waals surface area contributed by atoms with Crippen LogP contribution in [0.5, 0.6) is 0 Å². The molecule has 2 aromatic carbocycles. The second-order valence-corrected chi connectivity index (χ2v) is 7.41. The van der Waals surface area contributed by atoms with Gasteiger partial charge in [-0.05, 0) is 61.6 Å². The van der Waals surface area contributed by atoms with Gasteiger partial charge in [0.1, 0.15) is 0 Å². The van der Waals surface area contributed by atoms with Gasteiger partial charge in [-0.1, -0.05) is 31.2 Å². The van der Waals surface area contributed by atoms with E-state index in [1.54, 1.807) is 0 Å².